The minimum atomic E-state index is -0.0453. The molecule has 0 aliphatic carbocycles. The van der Waals surface area contributed by atoms with Gasteiger partial charge in [-0.05, 0) is 32.4 Å². The molecular weight excluding hydrogens is 280 g/mol. The lowest BCUT2D eigenvalue weighted by atomic mass is 9.96. The van der Waals surface area contributed by atoms with Crippen LogP contribution in [0.1, 0.15) is 35.8 Å². The van der Waals surface area contributed by atoms with Crippen molar-refractivity contribution in [3.05, 3.63) is 35.7 Å². The molecule has 0 saturated carbocycles. The molecule has 7 nitrogen and oxygen atoms in total. The zero-order chi connectivity index (χ0) is 15.4. The van der Waals surface area contributed by atoms with Crippen molar-refractivity contribution >= 4 is 5.91 Å². The molecule has 0 aromatic carbocycles. The molecule has 1 saturated heterocycles. The van der Waals surface area contributed by atoms with Crippen LogP contribution in [0.4, 0.5) is 0 Å². The molecule has 2 aromatic rings. The van der Waals surface area contributed by atoms with Crippen LogP contribution < -0.4 is 10.6 Å². The molecule has 1 unspecified atom stereocenters. The monoisotopic (exact) mass is 302 g/mol. The fraction of sp³-hybridized carbons (Fsp3) is 0.533. The summed E-state index contributed by atoms with van der Waals surface area (Å²) >= 11 is 0. The summed E-state index contributed by atoms with van der Waals surface area (Å²) in [6.07, 6.45) is 5.72. The van der Waals surface area contributed by atoms with Crippen LogP contribution in [0.2, 0.25) is 0 Å². The Morgan fingerprint density at radius 1 is 1.55 bits per heavy atom. The summed E-state index contributed by atoms with van der Waals surface area (Å²) in [5.41, 5.74) is 2.98. The first-order valence-electron chi connectivity index (χ1n) is 7.72. The topological polar surface area (TPSA) is 87.6 Å². The standard InChI is InChI=1S/C15H22N6O/c1-11-13(19-10-18-11)8-17-15(22)9-21-14(4-6-20-21)12-3-2-5-16-7-12/h4,6,10,12,16H,2-3,5,7-9H2,1H3,(H,17,22)(H,18,19). The van der Waals surface area contributed by atoms with Gasteiger partial charge in [0, 0.05) is 30.0 Å². The van der Waals surface area contributed by atoms with Crippen molar-refractivity contribution in [3.63, 3.8) is 0 Å². The highest BCUT2D eigenvalue weighted by Gasteiger charge is 2.19. The molecule has 1 aliphatic heterocycles. The van der Waals surface area contributed by atoms with Crippen molar-refractivity contribution < 1.29 is 4.79 Å². The van der Waals surface area contributed by atoms with Crippen LogP contribution in [0.25, 0.3) is 0 Å². The van der Waals surface area contributed by atoms with E-state index in [0.29, 0.717) is 12.5 Å². The van der Waals surface area contributed by atoms with Crippen molar-refractivity contribution in [2.75, 3.05) is 13.1 Å². The largest absolute Gasteiger partial charge is 0.349 e. The average molecular weight is 302 g/mol. The Morgan fingerprint density at radius 3 is 3.18 bits per heavy atom. The number of aryl methyl sites for hydroxylation is 1. The quantitative estimate of drug-likeness (QED) is 0.758. The molecule has 22 heavy (non-hydrogen) atoms. The molecule has 3 heterocycles. The lowest BCUT2D eigenvalue weighted by Crippen LogP contribution is -2.32. The summed E-state index contributed by atoms with van der Waals surface area (Å²) in [7, 11) is 0. The maximum Gasteiger partial charge on any atom is 0.242 e. The van der Waals surface area contributed by atoms with Gasteiger partial charge in [0.25, 0.3) is 0 Å². The smallest absolute Gasteiger partial charge is 0.242 e. The van der Waals surface area contributed by atoms with Gasteiger partial charge in [-0.1, -0.05) is 0 Å². The third-order valence-electron chi connectivity index (χ3n) is 4.15. The zero-order valence-electron chi connectivity index (χ0n) is 12.8. The van der Waals surface area contributed by atoms with Gasteiger partial charge >= 0.3 is 0 Å². The van der Waals surface area contributed by atoms with E-state index in [4.69, 9.17) is 0 Å². The molecule has 2 aromatic heterocycles. The van der Waals surface area contributed by atoms with Crippen LogP contribution in [0, 0.1) is 6.92 Å². The number of hydrogen-bond acceptors (Lipinski definition) is 4. The maximum atomic E-state index is 12.1. The first kappa shape index (κ1) is 14.8. The molecule has 1 atom stereocenters. The van der Waals surface area contributed by atoms with Crippen molar-refractivity contribution in [1.82, 2.24) is 30.4 Å². The number of aromatic nitrogens is 4. The van der Waals surface area contributed by atoms with E-state index >= 15 is 0 Å². The van der Waals surface area contributed by atoms with E-state index in [1.165, 1.54) is 6.42 Å². The highest BCUT2D eigenvalue weighted by molar-refractivity contribution is 5.75. The van der Waals surface area contributed by atoms with Gasteiger partial charge in [0.1, 0.15) is 6.54 Å². The number of hydrogen-bond donors (Lipinski definition) is 3. The third kappa shape index (κ3) is 3.36. The second-order valence-corrected chi connectivity index (χ2v) is 5.71. The summed E-state index contributed by atoms with van der Waals surface area (Å²) in [5, 5.41) is 10.6. The zero-order valence-corrected chi connectivity index (χ0v) is 12.8. The van der Waals surface area contributed by atoms with Gasteiger partial charge in [-0.25, -0.2) is 4.98 Å². The number of aromatic amines is 1. The number of H-pyrrole nitrogens is 1. The number of carbonyl (C=O) groups excluding carboxylic acids is 1. The van der Waals surface area contributed by atoms with Gasteiger partial charge in [-0.2, -0.15) is 5.10 Å². The number of piperidine rings is 1. The minimum absolute atomic E-state index is 0.0453. The van der Waals surface area contributed by atoms with Crippen LogP contribution in [-0.4, -0.2) is 38.7 Å². The molecule has 3 N–H and O–H groups in total. The summed E-state index contributed by atoms with van der Waals surface area (Å²) < 4.78 is 1.81. The Balaban J connectivity index is 1.57. The number of carbonyl (C=O) groups is 1. The second kappa shape index (κ2) is 6.74. The third-order valence-corrected chi connectivity index (χ3v) is 4.15. The molecule has 0 radical (unpaired) electrons. The van der Waals surface area contributed by atoms with Crippen LogP contribution >= 0.6 is 0 Å². The van der Waals surface area contributed by atoms with Crippen LogP contribution in [-0.2, 0) is 17.9 Å². The SMILES string of the molecule is Cc1[nH]cnc1CNC(=O)Cn1nccc1C1CCCNC1. The second-order valence-electron chi connectivity index (χ2n) is 5.71. The van der Waals surface area contributed by atoms with E-state index < -0.39 is 0 Å². The molecule has 3 rings (SSSR count). The van der Waals surface area contributed by atoms with E-state index in [9.17, 15) is 4.79 Å². The van der Waals surface area contributed by atoms with Crippen molar-refractivity contribution in [2.24, 2.45) is 0 Å². The Hall–Kier alpha value is -2.15. The van der Waals surface area contributed by atoms with Crippen LogP contribution in [0.5, 0.6) is 0 Å². The van der Waals surface area contributed by atoms with E-state index in [-0.39, 0.29) is 12.5 Å². The molecule has 0 bridgehead atoms. The number of amides is 1. The van der Waals surface area contributed by atoms with E-state index in [1.54, 1.807) is 12.5 Å². The maximum absolute atomic E-state index is 12.1. The average Bonchev–Trinajstić information content (AvgIpc) is 3.15. The van der Waals surface area contributed by atoms with E-state index in [1.807, 2.05) is 17.7 Å². The molecule has 0 spiro atoms. The lowest BCUT2D eigenvalue weighted by molar-refractivity contribution is -0.122. The summed E-state index contributed by atoms with van der Waals surface area (Å²) in [6.45, 7) is 4.67. The predicted molar refractivity (Wildman–Crippen MR) is 82.2 cm³/mol. The van der Waals surface area contributed by atoms with Crippen molar-refractivity contribution in [3.8, 4) is 0 Å². The Labute approximate surface area is 129 Å². The fourth-order valence-corrected chi connectivity index (χ4v) is 2.87. The Kier molecular flexibility index (Phi) is 4.53. The highest BCUT2D eigenvalue weighted by Crippen LogP contribution is 2.22. The first-order valence-corrected chi connectivity index (χ1v) is 7.72. The minimum Gasteiger partial charge on any atom is -0.349 e. The molecule has 118 valence electrons. The van der Waals surface area contributed by atoms with Gasteiger partial charge in [0.15, 0.2) is 0 Å². The Morgan fingerprint density at radius 2 is 2.45 bits per heavy atom. The number of imidazole rings is 1. The first-order chi connectivity index (χ1) is 10.7. The van der Waals surface area contributed by atoms with Gasteiger partial charge in [-0.3, -0.25) is 9.48 Å². The summed E-state index contributed by atoms with van der Waals surface area (Å²) in [5.74, 6) is 0.397. The van der Waals surface area contributed by atoms with Gasteiger partial charge in [-0.15, -0.1) is 0 Å². The molecular formula is C15H22N6O. The molecule has 1 fully saturated rings. The van der Waals surface area contributed by atoms with Crippen molar-refractivity contribution in [2.45, 2.75) is 38.8 Å². The summed E-state index contributed by atoms with van der Waals surface area (Å²) in [6, 6.07) is 2.02. The fourth-order valence-electron chi connectivity index (χ4n) is 2.87. The van der Waals surface area contributed by atoms with Crippen LogP contribution in [0.3, 0.4) is 0 Å². The number of rotatable bonds is 5. The molecule has 7 heteroatoms. The van der Waals surface area contributed by atoms with Crippen LogP contribution in [0.15, 0.2) is 18.6 Å². The summed E-state index contributed by atoms with van der Waals surface area (Å²) in [4.78, 5) is 19.3. The van der Waals surface area contributed by atoms with Gasteiger partial charge in [0.2, 0.25) is 5.91 Å². The number of nitrogens with one attached hydrogen (secondary N) is 3. The molecule has 1 aliphatic rings. The molecule has 1 amide bonds. The number of nitrogens with zero attached hydrogens (tertiary/aromatic N) is 3. The Bertz CT molecular complexity index is 626. The van der Waals surface area contributed by atoms with Gasteiger partial charge < -0.3 is 15.6 Å². The predicted octanol–water partition coefficient (Wildman–Crippen LogP) is 0.698. The van der Waals surface area contributed by atoms with E-state index in [0.717, 1.165) is 36.6 Å². The van der Waals surface area contributed by atoms with Crippen molar-refractivity contribution in [1.29, 1.82) is 0 Å². The normalized spacial score (nSPS) is 18.3. The van der Waals surface area contributed by atoms with Gasteiger partial charge in [0.05, 0.1) is 18.6 Å². The van der Waals surface area contributed by atoms with E-state index in [2.05, 4.69) is 25.7 Å². The highest BCUT2D eigenvalue weighted by atomic mass is 16.2. The lowest BCUT2D eigenvalue weighted by Gasteiger charge is -2.23.